The van der Waals surface area contributed by atoms with Gasteiger partial charge in [-0.05, 0) is 31.4 Å². The van der Waals surface area contributed by atoms with E-state index in [0.29, 0.717) is 6.61 Å². The van der Waals surface area contributed by atoms with Gasteiger partial charge >= 0.3 is 21.1 Å². The Hall–Kier alpha value is -1.41. The number of pyridine rings is 1. The third kappa shape index (κ3) is 5.76. The van der Waals surface area contributed by atoms with Crippen LogP contribution < -0.4 is 4.74 Å². The molecule has 0 aliphatic carbocycles. The number of hydrogen-bond donors (Lipinski definition) is 0. The minimum absolute atomic E-state index is 0. The Balaban J connectivity index is 0.00000242. The van der Waals surface area contributed by atoms with Gasteiger partial charge in [0.2, 0.25) is 0 Å². The number of carbonyl (C=O) groups is 1. The Labute approximate surface area is 146 Å². The van der Waals surface area contributed by atoms with Crippen molar-refractivity contribution in [1.29, 1.82) is 0 Å². The van der Waals surface area contributed by atoms with Crippen LogP contribution in [0.4, 0.5) is 0 Å². The molecule has 2 heterocycles. The fourth-order valence-corrected chi connectivity index (χ4v) is 2.35. The summed E-state index contributed by atoms with van der Waals surface area (Å²) in [4.78, 5) is 18.0. The van der Waals surface area contributed by atoms with Crippen LogP contribution in [0.3, 0.4) is 0 Å². The minimum Gasteiger partial charge on any atom is -0.490 e. The number of carbonyl (C=O) groups excluding carboxylic acids is 1. The largest absolute Gasteiger partial charge is 2.00 e. The van der Waals surface area contributed by atoms with Gasteiger partial charge in [0.1, 0.15) is 18.3 Å². The average Bonchev–Trinajstić information content (AvgIpc) is 2.54. The molecular formula is C17H20N2O2W. The number of nitrogens with zero attached hydrogens (tertiary/aromatic N) is 2. The Morgan fingerprint density at radius 1 is 1.50 bits per heavy atom. The molecule has 0 spiro atoms. The smallest absolute Gasteiger partial charge is 0.490 e. The summed E-state index contributed by atoms with van der Waals surface area (Å²) in [5.74, 6) is 0.652. The third-order valence-electron chi connectivity index (χ3n) is 3.42. The Morgan fingerprint density at radius 3 is 3.09 bits per heavy atom. The quantitative estimate of drug-likeness (QED) is 0.379. The molecule has 1 amide bonds. The van der Waals surface area contributed by atoms with E-state index in [2.05, 4.69) is 17.1 Å². The van der Waals surface area contributed by atoms with E-state index in [9.17, 15) is 4.79 Å². The first-order valence-corrected chi connectivity index (χ1v) is 7.23. The van der Waals surface area contributed by atoms with Gasteiger partial charge in [0.15, 0.2) is 0 Å². The van der Waals surface area contributed by atoms with Crippen LogP contribution in [-0.4, -0.2) is 35.0 Å². The maximum Gasteiger partial charge on any atom is 2.00 e. The van der Waals surface area contributed by atoms with E-state index < -0.39 is 0 Å². The fraction of sp³-hybridized carbons (Fsp3) is 0.412. The van der Waals surface area contributed by atoms with Crippen LogP contribution in [0.15, 0.2) is 36.7 Å². The molecule has 22 heavy (non-hydrogen) atoms. The molecule has 0 N–H and O–H groups in total. The monoisotopic (exact) mass is 468 g/mol. The van der Waals surface area contributed by atoms with E-state index in [-0.39, 0.29) is 33.0 Å². The molecule has 0 aromatic carbocycles. The summed E-state index contributed by atoms with van der Waals surface area (Å²) in [7, 11) is 0. The summed E-state index contributed by atoms with van der Waals surface area (Å²) >= 11 is 0. The molecule has 0 bridgehead atoms. The third-order valence-corrected chi connectivity index (χ3v) is 3.42. The van der Waals surface area contributed by atoms with Crippen molar-refractivity contribution in [2.75, 3.05) is 13.2 Å². The number of allylic oxidation sites excluding steroid dienone is 3. The maximum atomic E-state index is 12.2. The van der Waals surface area contributed by atoms with Crippen molar-refractivity contribution in [2.24, 2.45) is 0 Å². The van der Waals surface area contributed by atoms with Gasteiger partial charge in [-0.1, -0.05) is 0 Å². The number of ether oxygens (including phenoxy) is 1. The summed E-state index contributed by atoms with van der Waals surface area (Å²) in [5.41, 5.74) is 0. The van der Waals surface area contributed by atoms with Crippen molar-refractivity contribution in [1.82, 2.24) is 9.88 Å². The summed E-state index contributed by atoms with van der Waals surface area (Å²) in [5, 5.41) is 0. The number of likely N-dealkylation sites (tertiary alicyclic amines) is 1. The van der Waals surface area contributed by atoms with Crippen LogP contribution in [0, 0.1) is 12.2 Å². The molecule has 4 nitrogen and oxygen atoms in total. The van der Waals surface area contributed by atoms with E-state index in [1.54, 1.807) is 31.5 Å². The normalized spacial score (nSPS) is 18.4. The standard InChI is InChI=1S/C17H20N2O2.W/c1-2-3-4-10-17(20)19-12-6-5-8-15(19)14-21-16-9-7-11-18-13-16;/h3-4,7,9,11,13,15H,5-6,8,12,14H2,1H3;/q-2;+2. The Bertz CT molecular complexity index is 503. The summed E-state index contributed by atoms with van der Waals surface area (Å²) in [6.07, 6.45) is 15.4. The van der Waals surface area contributed by atoms with Gasteiger partial charge in [-0.3, -0.25) is 15.9 Å². The zero-order valence-electron chi connectivity index (χ0n) is 12.7. The molecule has 1 aromatic heterocycles. The topological polar surface area (TPSA) is 42.4 Å². The SMILES string of the molecule is C[C-]=CC=[C-]C(=O)N1CCCCC1COc1cccnc1.[W+2]. The molecule has 1 aromatic rings. The Morgan fingerprint density at radius 2 is 2.36 bits per heavy atom. The van der Waals surface area contributed by atoms with Crippen LogP contribution in [0.1, 0.15) is 26.2 Å². The van der Waals surface area contributed by atoms with Gasteiger partial charge in [0.05, 0.1) is 12.2 Å². The number of amides is 1. The van der Waals surface area contributed by atoms with Crippen LogP contribution in [-0.2, 0) is 25.9 Å². The van der Waals surface area contributed by atoms with Crippen molar-refractivity contribution < 1.29 is 30.6 Å². The molecule has 0 radical (unpaired) electrons. The second-order valence-electron chi connectivity index (χ2n) is 4.91. The second kappa shape index (κ2) is 10.3. The van der Waals surface area contributed by atoms with Crippen LogP contribution >= 0.6 is 0 Å². The number of aromatic nitrogens is 1. The molecule has 116 valence electrons. The molecule has 1 fully saturated rings. The van der Waals surface area contributed by atoms with Gasteiger partial charge in [0, 0.05) is 12.7 Å². The molecular weight excluding hydrogens is 448 g/mol. The summed E-state index contributed by atoms with van der Waals surface area (Å²) < 4.78 is 5.74. The second-order valence-corrected chi connectivity index (χ2v) is 4.91. The van der Waals surface area contributed by atoms with Crippen LogP contribution in [0.5, 0.6) is 5.75 Å². The summed E-state index contributed by atoms with van der Waals surface area (Å²) in [6.45, 7) is 3.04. The first-order valence-electron chi connectivity index (χ1n) is 7.23. The molecule has 5 heteroatoms. The van der Waals surface area contributed by atoms with Crippen molar-refractivity contribution in [2.45, 2.75) is 32.2 Å². The first kappa shape index (κ1) is 18.6. The van der Waals surface area contributed by atoms with E-state index >= 15 is 0 Å². The van der Waals surface area contributed by atoms with Crippen LogP contribution in [0.25, 0.3) is 0 Å². The fourth-order valence-electron chi connectivity index (χ4n) is 2.35. The van der Waals surface area contributed by atoms with Crippen LogP contribution in [0.2, 0.25) is 0 Å². The molecule has 1 aliphatic rings. The molecule has 1 atom stereocenters. The molecule has 1 aliphatic heterocycles. The van der Waals surface area contributed by atoms with Gasteiger partial charge in [-0.2, -0.15) is 0 Å². The van der Waals surface area contributed by atoms with Gasteiger partial charge in [0.25, 0.3) is 0 Å². The number of piperidine rings is 1. The van der Waals surface area contributed by atoms with Crippen molar-refractivity contribution >= 4 is 5.91 Å². The number of rotatable bonds is 5. The predicted molar refractivity (Wildman–Crippen MR) is 80.4 cm³/mol. The zero-order valence-corrected chi connectivity index (χ0v) is 15.6. The van der Waals surface area contributed by atoms with E-state index in [1.165, 1.54) is 0 Å². The minimum atomic E-state index is -0.0824. The molecule has 1 unspecified atom stereocenters. The van der Waals surface area contributed by atoms with E-state index in [0.717, 1.165) is 31.6 Å². The zero-order chi connectivity index (χ0) is 14.9. The molecule has 1 saturated heterocycles. The predicted octanol–water partition coefficient (Wildman–Crippen LogP) is 2.58. The molecule has 2 rings (SSSR count). The Kier molecular flexibility index (Phi) is 8.76. The molecule has 0 saturated carbocycles. The van der Waals surface area contributed by atoms with Crippen molar-refractivity contribution in [3.05, 3.63) is 48.8 Å². The van der Waals surface area contributed by atoms with Gasteiger partial charge < -0.3 is 27.9 Å². The van der Waals surface area contributed by atoms with Crippen molar-refractivity contribution in [3.63, 3.8) is 0 Å². The van der Waals surface area contributed by atoms with Gasteiger partial charge in [-0.25, -0.2) is 0 Å². The van der Waals surface area contributed by atoms with E-state index in [4.69, 9.17) is 4.74 Å². The summed E-state index contributed by atoms with van der Waals surface area (Å²) in [6, 6.07) is 3.81. The maximum absolute atomic E-state index is 12.2. The van der Waals surface area contributed by atoms with Crippen molar-refractivity contribution in [3.8, 4) is 5.75 Å². The van der Waals surface area contributed by atoms with E-state index in [1.807, 2.05) is 17.0 Å². The van der Waals surface area contributed by atoms with Gasteiger partial charge in [-0.15, -0.1) is 6.92 Å². The number of hydrogen-bond acceptors (Lipinski definition) is 3. The first-order chi connectivity index (χ1) is 10.3. The average molecular weight is 468 g/mol.